The Balaban J connectivity index is 2.46. The summed E-state index contributed by atoms with van der Waals surface area (Å²) in [7, 11) is -3.76. The molecule has 1 atom stereocenters. The van der Waals surface area contributed by atoms with Crippen LogP contribution in [0.4, 0.5) is 5.69 Å². The second-order valence-electron chi connectivity index (χ2n) is 9.09. The molecule has 0 bridgehead atoms. The van der Waals surface area contributed by atoms with Crippen molar-refractivity contribution in [3.8, 4) is 0 Å². The summed E-state index contributed by atoms with van der Waals surface area (Å²) in [6.07, 6.45) is 3.31. The minimum Gasteiger partial charge on any atom is -0.354 e. The predicted molar refractivity (Wildman–Crippen MR) is 142 cm³/mol. The highest BCUT2D eigenvalue weighted by Gasteiger charge is 2.32. The Morgan fingerprint density at radius 2 is 1.63 bits per heavy atom. The van der Waals surface area contributed by atoms with Gasteiger partial charge in [-0.2, -0.15) is 0 Å². The summed E-state index contributed by atoms with van der Waals surface area (Å²) < 4.78 is 26.8. The molecule has 8 heteroatoms. The minimum atomic E-state index is -3.76. The molecule has 7 nitrogen and oxygen atoms in total. The first kappa shape index (κ1) is 28.4. The third kappa shape index (κ3) is 7.82. The van der Waals surface area contributed by atoms with Gasteiger partial charge in [-0.25, -0.2) is 8.42 Å². The molecule has 192 valence electrons. The topological polar surface area (TPSA) is 86.8 Å². The zero-order valence-corrected chi connectivity index (χ0v) is 22.6. The van der Waals surface area contributed by atoms with Crippen LogP contribution in [0.5, 0.6) is 0 Å². The number of carbonyl (C=O) groups is 2. The maximum atomic E-state index is 13.8. The van der Waals surface area contributed by atoms with E-state index >= 15 is 0 Å². The van der Waals surface area contributed by atoms with Crippen molar-refractivity contribution >= 4 is 27.5 Å². The molecule has 0 fully saturated rings. The average molecular weight is 502 g/mol. The quantitative estimate of drug-likeness (QED) is 0.444. The van der Waals surface area contributed by atoms with E-state index in [1.807, 2.05) is 77.1 Å². The second-order valence-corrected chi connectivity index (χ2v) is 11.0. The van der Waals surface area contributed by atoms with Crippen LogP contribution in [-0.2, 0) is 26.2 Å². The van der Waals surface area contributed by atoms with Gasteiger partial charge >= 0.3 is 0 Å². The molecule has 0 aliphatic heterocycles. The SMILES string of the molecule is CCCCNC(=O)C(CC)N(Cc1cccc(C)c1)C(=O)CN(c1c(C)cccc1C)S(C)(=O)=O. The van der Waals surface area contributed by atoms with Crippen LogP contribution in [0.2, 0.25) is 0 Å². The number of unbranched alkanes of at least 4 members (excludes halogenated alkanes) is 1. The van der Waals surface area contributed by atoms with E-state index in [4.69, 9.17) is 0 Å². The largest absolute Gasteiger partial charge is 0.354 e. The van der Waals surface area contributed by atoms with Crippen LogP contribution < -0.4 is 9.62 Å². The Morgan fingerprint density at radius 3 is 2.17 bits per heavy atom. The number of nitrogens with zero attached hydrogens (tertiary/aromatic N) is 2. The number of carbonyl (C=O) groups excluding carboxylic acids is 2. The van der Waals surface area contributed by atoms with Crippen molar-refractivity contribution in [3.63, 3.8) is 0 Å². The molecule has 0 aliphatic rings. The smallest absolute Gasteiger partial charge is 0.244 e. The fourth-order valence-electron chi connectivity index (χ4n) is 4.21. The minimum absolute atomic E-state index is 0.213. The summed E-state index contributed by atoms with van der Waals surface area (Å²) >= 11 is 0. The molecule has 2 amide bonds. The second kappa shape index (κ2) is 12.7. The molecule has 1 unspecified atom stereocenters. The number of anilines is 1. The first-order chi connectivity index (χ1) is 16.5. The van der Waals surface area contributed by atoms with Gasteiger partial charge in [0.05, 0.1) is 11.9 Å². The molecule has 1 N–H and O–H groups in total. The molecule has 0 aliphatic carbocycles. The van der Waals surface area contributed by atoms with Crippen molar-refractivity contribution in [1.29, 1.82) is 0 Å². The summed E-state index contributed by atoms with van der Waals surface area (Å²) in [4.78, 5) is 28.4. The van der Waals surface area contributed by atoms with Gasteiger partial charge < -0.3 is 10.2 Å². The van der Waals surface area contributed by atoms with E-state index < -0.39 is 22.0 Å². The van der Waals surface area contributed by atoms with Crippen molar-refractivity contribution in [2.75, 3.05) is 23.7 Å². The van der Waals surface area contributed by atoms with Gasteiger partial charge in [0.2, 0.25) is 21.8 Å². The lowest BCUT2D eigenvalue weighted by Crippen LogP contribution is -2.52. The third-order valence-corrected chi connectivity index (χ3v) is 7.13. The molecule has 35 heavy (non-hydrogen) atoms. The summed E-state index contributed by atoms with van der Waals surface area (Å²) in [6, 6.07) is 12.6. The molecule has 0 spiro atoms. The number of para-hydroxylation sites is 1. The lowest BCUT2D eigenvalue weighted by Gasteiger charge is -2.33. The molecular formula is C27H39N3O4S. The van der Waals surface area contributed by atoms with Crippen molar-refractivity contribution in [3.05, 3.63) is 64.7 Å². The van der Waals surface area contributed by atoms with Gasteiger partial charge in [-0.05, 0) is 50.3 Å². The van der Waals surface area contributed by atoms with E-state index in [1.54, 1.807) is 0 Å². The van der Waals surface area contributed by atoms with E-state index in [0.717, 1.165) is 45.7 Å². The lowest BCUT2D eigenvalue weighted by atomic mass is 10.1. The van der Waals surface area contributed by atoms with Gasteiger partial charge in [-0.15, -0.1) is 0 Å². The number of hydrogen-bond donors (Lipinski definition) is 1. The molecule has 0 radical (unpaired) electrons. The Kier molecular flexibility index (Phi) is 10.3. The van der Waals surface area contributed by atoms with Crippen molar-refractivity contribution in [2.45, 2.75) is 66.5 Å². The van der Waals surface area contributed by atoms with Crippen LogP contribution >= 0.6 is 0 Å². The number of amides is 2. The van der Waals surface area contributed by atoms with Crippen LogP contribution in [-0.4, -0.2) is 50.5 Å². The monoisotopic (exact) mass is 501 g/mol. The molecule has 0 heterocycles. The summed E-state index contributed by atoms with van der Waals surface area (Å²) in [5.41, 5.74) is 3.95. The summed E-state index contributed by atoms with van der Waals surface area (Å²) in [6.45, 7) is 9.90. The fourth-order valence-corrected chi connectivity index (χ4v) is 5.17. The highest BCUT2D eigenvalue weighted by Crippen LogP contribution is 2.27. The zero-order valence-electron chi connectivity index (χ0n) is 21.8. The first-order valence-electron chi connectivity index (χ1n) is 12.2. The highest BCUT2D eigenvalue weighted by molar-refractivity contribution is 7.92. The first-order valence-corrected chi connectivity index (χ1v) is 14.0. The van der Waals surface area contributed by atoms with Crippen LogP contribution in [0.3, 0.4) is 0 Å². The van der Waals surface area contributed by atoms with Crippen LogP contribution in [0.1, 0.15) is 55.4 Å². The van der Waals surface area contributed by atoms with Crippen molar-refractivity contribution in [2.24, 2.45) is 0 Å². The van der Waals surface area contributed by atoms with Gasteiger partial charge in [0.15, 0.2) is 0 Å². The fraction of sp³-hybridized carbons (Fsp3) is 0.481. The highest BCUT2D eigenvalue weighted by atomic mass is 32.2. The number of sulfonamides is 1. The van der Waals surface area contributed by atoms with Gasteiger partial charge in [-0.1, -0.05) is 68.3 Å². The number of benzene rings is 2. The molecule has 0 aromatic heterocycles. The normalized spacial score (nSPS) is 12.2. The van der Waals surface area contributed by atoms with Crippen LogP contribution in [0.15, 0.2) is 42.5 Å². The van der Waals surface area contributed by atoms with E-state index in [0.29, 0.717) is 18.7 Å². The maximum Gasteiger partial charge on any atom is 0.244 e. The maximum absolute atomic E-state index is 13.8. The average Bonchev–Trinajstić information content (AvgIpc) is 2.77. The Hall–Kier alpha value is -2.87. The molecule has 0 saturated heterocycles. The van der Waals surface area contributed by atoms with Crippen molar-refractivity contribution < 1.29 is 18.0 Å². The van der Waals surface area contributed by atoms with E-state index in [1.165, 1.54) is 4.90 Å². The molecule has 2 aromatic rings. The number of rotatable bonds is 12. The van der Waals surface area contributed by atoms with E-state index in [2.05, 4.69) is 5.32 Å². The predicted octanol–water partition coefficient (Wildman–Crippen LogP) is 4.10. The Morgan fingerprint density at radius 1 is 1.00 bits per heavy atom. The van der Waals surface area contributed by atoms with Crippen LogP contribution in [0, 0.1) is 20.8 Å². The summed E-state index contributed by atoms with van der Waals surface area (Å²) in [5.74, 6) is -0.642. The molecule has 0 saturated carbocycles. The van der Waals surface area contributed by atoms with Gasteiger partial charge in [0.25, 0.3) is 0 Å². The lowest BCUT2D eigenvalue weighted by molar-refractivity contribution is -0.140. The Labute approximate surface area is 210 Å². The molecule has 2 rings (SSSR count). The Bertz CT molecular complexity index is 1110. The number of aryl methyl sites for hydroxylation is 3. The number of nitrogens with one attached hydrogen (secondary N) is 1. The van der Waals surface area contributed by atoms with Crippen molar-refractivity contribution in [1.82, 2.24) is 10.2 Å². The van der Waals surface area contributed by atoms with Gasteiger partial charge in [0, 0.05) is 13.1 Å². The van der Waals surface area contributed by atoms with Gasteiger partial charge in [-0.3, -0.25) is 13.9 Å². The van der Waals surface area contributed by atoms with E-state index in [9.17, 15) is 18.0 Å². The molecule has 2 aromatic carbocycles. The van der Waals surface area contributed by atoms with Crippen LogP contribution in [0.25, 0.3) is 0 Å². The zero-order chi connectivity index (χ0) is 26.2. The summed E-state index contributed by atoms with van der Waals surface area (Å²) in [5, 5.41) is 2.94. The third-order valence-electron chi connectivity index (χ3n) is 6.02. The standard InChI is InChI=1S/C27H39N3O4S/c1-7-9-16-28-27(32)24(8-2)29(18-23-15-10-12-20(3)17-23)25(31)19-30(35(6,33)34)26-21(4)13-11-14-22(26)5/h10-15,17,24H,7-9,16,18-19H2,1-6H3,(H,28,32). The number of hydrogen-bond acceptors (Lipinski definition) is 4. The molecular weight excluding hydrogens is 462 g/mol. The van der Waals surface area contributed by atoms with Gasteiger partial charge in [0.1, 0.15) is 12.6 Å². The van der Waals surface area contributed by atoms with E-state index in [-0.39, 0.29) is 19.0 Å².